The van der Waals surface area contributed by atoms with Crippen molar-refractivity contribution in [3.05, 3.63) is 45.5 Å². The van der Waals surface area contributed by atoms with E-state index in [1.807, 2.05) is 25.1 Å². The van der Waals surface area contributed by atoms with Crippen molar-refractivity contribution in [1.29, 1.82) is 0 Å². The number of rotatable bonds is 5. The van der Waals surface area contributed by atoms with Crippen LogP contribution in [0.1, 0.15) is 33.2 Å². The van der Waals surface area contributed by atoms with E-state index < -0.39 is 54.6 Å². The number of halogens is 1. The van der Waals surface area contributed by atoms with Crippen molar-refractivity contribution in [3.8, 4) is 17.2 Å². The van der Waals surface area contributed by atoms with Crippen LogP contribution in [0, 0.1) is 6.92 Å². The molecular weight excluding hydrogens is 520 g/mol. The number of nitrogens with zero attached hydrogens (tertiary/aromatic N) is 2. The molecular formula is C26H31ClN2O9. The number of piperazine rings is 1. The molecule has 0 aromatic heterocycles. The van der Waals surface area contributed by atoms with Crippen molar-refractivity contribution in [2.75, 3.05) is 44.8 Å². The molecule has 0 bridgehead atoms. The van der Waals surface area contributed by atoms with E-state index in [-0.39, 0.29) is 29.0 Å². The summed E-state index contributed by atoms with van der Waals surface area (Å²) in [5.41, 5.74) is 2.24. The van der Waals surface area contributed by atoms with Crippen molar-refractivity contribution >= 4 is 23.3 Å². The maximum absolute atomic E-state index is 13.2. The number of aryl methyl sites for hydroxylation is 1. The first-order valence-corrected chi connectivity index (χ1v) is 12.8. The predicted octanol–water partition coefficient (Wildman–Crippen LogP) is 1.08. The number of benzene rings is 2. The highest BCUT2D eigenvalue weighted by molar-refractivity contribution is 6.30. The average Bonchev–Trinajstić information content (AvgIpc) is 2.90. The first-order chi connectivity index (χ1) is 18.2. The fraction of sp³-hybridized carbons (Fsp3) is 0.500. The van der Waals surface area contributed by atoms with Gasteiger partial charge >= 0.3 is 5.97 Å². The van der Waals surface area contributed by atoms with Crippen molar-refractivity contribution < 1.29 is 44.5 Å². The second-order valence-electron chi connectivity index (χ2n) is 9.82. The summed E-state index contributed by atoms with van der Waals surface area (Å²) >= 11 is 6.20. The second kappa shape index (κ2) is 10.4. The Morgan fingerprint density at radius 1 is 1.11 bits per heavy atom. The molecule has 12 heteroatoms. The molecule has 5 rings (SSSR count). The van der Waals surface area contributed by atoms with E-state index in [2.05, 4.69) is 9.80 Å². The Morgan fingerprint density at radius 3 is 2.47 bits per heavy atom. The average molecular weight is 551 g/mol. The molecule has 3 heterocycles. The number of phenols is 2. The molecule has 5 atom stereocenters. The van der Waals surface area contributed by atoms with E-state index in [0.29, 0.717) is 31.2 Å². The van der Waals surface area contributed by atoms with Crippen LogP contribution in [0.3, 0.4) is 0 Å². The number of hydrogen-bond acceptors (Lipinski definition) is 11. The number of hydrogen-bond donors (Lipinski definition) is 5. The number of methoxy groups -OCH3 is 1. The van der Waals surface area contributed by atoms with Crippen LogP contribution < -0.4 is 9.64 Å². The molecule has 2 saturated heterocycles. The SMILES string of the molecule is COc1c(O)c(CN2CCN(c3cc(Cl)ccc3C)CC2)c2c(c1O)C1O[C@@H](CO)[C@H](O)[C@@H](O)C1OC2=O. The fourth-order valence-corrected chi connectivity index (χ4v) is 5.73. The van der Waals surface area contributed by atoms with E-state index in [9.17, 15) is 30.3 Å². The van der Waals surface area contributed by atoms with Gasteiger partial charge < -0.3 is 44.6 Å². The monoisotopic (exact) mass is 550 g/mol. The molecule has 2 aromatic rings. The summed E-state index contributed by atoms with van der Waals surface area (Å²) < 4.78 is 16.5. The predicted molar refractivity (Wildman–Crippen MR) is 136 cm³/mol. The van der Waals surface area contributed by atoms with E-state index in [4.69, 9.17) is 25.8 Å². The van der Waals surface area contributed by atoms with Crippen molar-refractivity contribution in [2.24, 2.45) is 0 Å². The lowest BCUT2D eigenvalue weighted by atomic mass is 9.84. The zero-order chi connectivity index (χ0) is 27.3. The summed E-state index contributed by atoms with van der Waals surface area (Å²) in [6, 6.07) is 5.75. The van der Waals surface area contributed by atoms with Crippen molar-refractivity contribution in [2.45, 2.75) is 44.0 Å². The van der Waals surface area contributed by atoms with Crippen LogP contribution in [0.4, 0.5) is 5.69 Å². The molecule has 2 aromatic carbocycles. The van der Waals surface area contributed by atoms with Gasteiger partial charge in [-0.25, -0.2) is 4.79 Å². The molecule has 0 aliphatic carbocycles. The third-order valence-electron chi connectivity index (χ3n) is 7.61. The molecule has 2 unspecified atom stereocenters. The van der Waals surface area contributed by atoms with Gasteiger partial charge in [-0.2, -0.15) is 0 Å². The highest BCUT2D eigenvalue weighted by Crippen LogP contribution is 2.52. The molecule has 0 saturated carbocycles. The van der Waals surface area contributed by atoms with Gasteiger partial charge in [0.1, 0.15) is 24.4 Å². The number of aromatic hydroxyl groups is 2. The lowest BCUT2D eigenvalue weighted by Crippen LogP contribution is -2.58. The minimum atomic E-state index is -1.56. The Morgan fingerprint density at radius 2 is 1.82 bits per heavy atom. The minimum Gasteiger partial charge on any atom is -0.504 e. The van der Waals surface area contributed by atoms with Gasteiger partial charge in [-0.05, 0) is 24.6 Å². The quantitative estimate of drug-likeness (QED) is 0.340. The summed E-state index contributed by atoms with van der Waals surface area (Å²) in [5.74, 6) is -2.06. The standard InChI is InChI=1S/C26H31ClN2O9/c1-12-3-4-13(27)9-15(12)29-7-5-28(6-8-29)10-14-17-18(21(33)24(36-2)19(14)31)23-25(38-26(17)35)22(34)20(32)16(11-30)37-23/h3-4,9,16,20,22-23,25,30-34H,5-8,10-11H2,1-2H3/t16-,20-,22+,23?,25?/m0/s1. The minimum absolute atomic E-state index is 0.0199. The highest BCUT2D eigenvalue weighted by Gasteiger charge is 2.53. The van der Waals surface area contributed by atoms with Gasteiger partial charge in [0.25, 0.3) is 0 Å². The zero-order valence-corrected chi connectivity index (χ0v) is 21.8. The van der Waals surface area contributed by atoms with Crippen molar-refractivity contribution in [1.82, 2.24) is 4.90 Å². The Balaban J connectivity index is 1.47. The lowest BCUT2D eigenvalue weighted by Gasteiger charge is -2.45. The molecule has 206 valence electrons. The molecule has 0 radical (unpaired) electrons. The number of phenolic OH excluding ortho intramolecular Hbond substituents is 2. The first kappa shape index (κ1) is 26.8. The van der Waals surface area contributed by atoms with Gasteiger partial charge in [0.2, 0.25) is 5.75 Å². The van der Waals surface area contributed by atoms with Crippen LogP contribution in [0.2, 0.25) is 5.02 Å². The lowest BCUT2D eigenvalue weighted by molar-refractivity contribution is -0.235. The maximum Gasteiger partial charge on any atom is 0.339 e. The van der Waals surface area contributed by atoms with Crippen LogP contribution in [-0.2, 0) is 16.0 Å². The van der Waals surface area contributed by atoms with E-state index in [1.54, 1.807) is 0 Å². The van der Waals surface area contributed by atoms with E-state index in [0.717, 1.165) is 11.3 Å². The summed E-state index contributed by atoms with van der Waals surface area (Å²) in [6.07, 6.45) is -6.77. The molecule has 11 nitrogen and oxygen atoms in total. The Bertz CT molecular complexity index is 1230. The molecule has 3 aliphatic rings. The topological polar surface area (TPSA) is 152 Å². The summed E-state index contributed by atoms with van der Waals surface area (Å²) in [6.45, 7) is 4.14. The fourth-order valence-electron chi connectivity index (χ4n) is 5.56. The molecule has 3 aliphatic heterocycles. The summed E-state index contributed by atoms with van der Waals surface area (Å²) in [4.78, 5) is 17.5. The Labute approximate surface area is 224 Å². The van der Waals surface area contributed by atoms with Crippen molar-refractivity contribution in [3.63, 3.8) is 0 Å². The van der Waals surface area contributed by atoms with Crippen LogP contribution in [0.15, 0.2) is 18.2 Å². The van der Waals surface area contributed by atoms with Crippen LogP contribution in [0.5, 0.6) is 17.2 Å². The number of anilines is 1. The van der Waals surface area contributed by atoms with E-state index >= 15 is 0 Å². The van der Waals surface area contributed by atoms with Crippen LogP contribution in [0.25, 0.3) is 0 Å². The molecule has 38 heavy (non-hydrogen) atoms. The van der Waals surface area contributed by atoms with Gasteiger partial charge in [0.05, 0.1) is 19.3 Å². The van der Waals surface area contributed by atoms with Gasteiger partial charge in [0.15, 0.2) is 17.6 Å². The Hall–Kier alpha value is -2.80. The number of carbonyl (C=O) groups is 1. The molecule has 0 amide bonds. The van der Waals surface area contributed by atoms with Gasteiger partial charge in [0, 0.05) is 54.6 Å². The zero-order valence-electron chi connectivity index (χ0n) is 21.0. The highest BCUT2D eigenvalue weighted by atomic mass is 35.5. The third-order valence-corrected chi connectivity index (χ3v) is 7.85. The number of esters is 1. The molecule has 2 fully saturated rings. The Kier molecular flexibility index (Phi) is 7.33. The number of aliphatic hydroxyl groups is 3. The number of fused-ring (bicyclic) bond motifs is 3. The smallest absolute Gasteiger partial charge is 0.339 e. The molecule has 0 spiro atoms. The number of aliphatic hydroxyl groups excluding tert-OH is 3. The van der Waals surface area contributed by atoms with Crippen LogP contribution in [-0.4, -0.2) is 101 Å². The second-order valence-corrected chi connectivity index (χ2v) is 10.3. The van der Waals surface area contributed by atoms with Gasteiger partial charge in [-0.3, -0.25) is 4.90 Å². The van der Waals surface area contributed by atoms with E-state index in [1.165, 1.54) is 7.11 Å². The summed E-state index contributed by atoms with van der Waals surface area (Å²) in [7, 11) is 1.27. The summed E-state index contributed by atoms with van der Waals surface area (Å²) in [5, 5.41) is 53.2. The molecule has 5 N–H and O–H groups in total. The number of ether oxygens (including phenoxy) is 3. The van der Waals surface area contributed by atoms with Gasteiger partial charge in [-0.1, -0.05) is 17.7 Å². The third kappa shape index (κ3) is 4.42. The normalized spacial score (nSPS) is 27.5. The largest absolute Gasteiger partial charge is 0.504 e. The van der Waals surface area contributed by atoms with Gasteiger partial charge in [-0.15, -0.1) is 0 Å². The first-order valence-electron chi connectivity index (χ1n) is 12.4. The number of carbonyl (C=O) groups excluding carboxylic acids is 1. The maximum atomic E-state index is 13.2. The van der Waals surface area contributed by atoms with Crippen LogP contribution >= 0.6 is 11.6 Å².